The number of carbonyl (C=O) groups is 1. The Bertz CT molecular complexity index is 749. The number of benzene rings is 1. The number of carbonyl (C=O) groups excluding carboxylic acids is 1. The van der Waals surface area contributed by atoms with Gasteiger partial charge in [0, 0.05) is 32.2 Å². The van der Waals surface area contributed by atoms with Crippen molar-refractivity contribution in [2.45, 2.75) is 32.4 Å². The molecule has 1 aliphatic heterocycles. The molecule has 0 radical (unpaired) electrons. The predicted octanol–water partition coefficient (Wildman–Crippen LogP) is 2.81. The number of piperidine rings is 1. The summed E-state index contributed by atoms with van der Waals surface area (Å²) in [4.78, 5) is 16.6. The minimum atomic E-state index is -0.199. The lowest BCUT2D eigenvalue weighted by molar-refractivity contribution is 0.0742. The van der Waals surface area contributed by atoms with Gasteiger partial charge in [-0.2, -0.15) is 0 Å². The van der Waals surface area contributed by atoms with Gasteiger partial charge in [-0.25, -0.2) is 0 Å². The maximum absolute atomic E-state index is 12.7. The van der Waals surface area contributed by atoms with Crippen LogP contribution in [-0.4, -0.2) is 58.3 Å². The van der Waals surface area contributed by atoms with E-state index in [9.17, 15) is 9.90 Å². The molecule has 0 saturated carbocycles. The SMILES string of the molecule is CCN(C/C=C/c1ccccc1)C(=O)c1cc(CN2CCC(O)CC2)on1. The van der Waals surface area contributed by atoms with Crippen LogP contribution in [0.4, 0.5) is 0 Å². The van der Waals surface area contributed by atoms with E-state index in [1.165, 1.54) is 0 Å². The van der Waals surface area contributed by atoms with Gasteiger partial charge in [-0.15, -0.1) is 0 Å². The van der Waals surface area contributed by atoms with Crippen LogP contribution in [0.3, 0.4) is 0 Å². The van der Waals surface area contributed by atoms with Crippen LogP contribution < -0.4 is 0 Å². The molecule has 1 N–H and O–H groups in total. The standard InChI is InChI=1S/C21H27N3O3/c1-2-24(12-6-9-17-7-4-3-5-8-17)21(26)20-15-19(27-22-20)16-23-13-10-18(25)11-14-23/h3-9,15,18,25H,2,10-14,16H2,1H3/b9-6+. The first kappa shape index (κ1) is 19.3. The lowest BCUT2D eigenvalue weighted by atomic mass is 10.1. The van der Waals surface area contributed by atoms with Gasteiger partial charge in [0.25, 0.3) is 5.91 Å². The van der Waals surface area contributed by atoms with Gasteiger partial charge in [0.1, 0.15) is 0 Å². The van der Waals surface area contributed by atoms with E-state index in [0.717, 1.165) is 31.5 Å². The number of likely N-dealkylation sites (N-methyl/N-ethyl adjacent to an activating group) is 1. The van der Waals surface area contributed by atoms with Crippen molar-refractivity contribution in [1.82, 2.24) is 15.0 Å². The maximum atomic E-state index is 12.7. The Morgan fingerprint density at radius 3 is 2.78 bits per heavy atom. The van der Waals surface area contributed by atoms with E-state index in [0.29, 0.717) is 31.1 Å². The summed E-state index contributed by atoms with van der Waals surface area (Å²) in [5.41, 5.74) is 1.45. The first-order valence-electron chi connectivity index (χ1n) is 9.52. The van der Waals surface area contributed by atoms with E-state index in [4.69, 9.17) is 4.52 Å². The summed E-state index contributed by atoms with van der Waals surface area (Å²) in [6.07, 6.45) is 5.34. The molecule has 0 unspecified atom stereocenters. The Balaban J connectivity index is 1.55. The van der Waals surface area contributed by atoms with Crippen LogP contribution in [0, 0.1) is 0 Å². The summed E-state index contributed by atoms with van der Waals surface area (Å²) >= 11 is 0. The van der Waals surface area contributed by atoms with Crippen molar-refractivity contribution < 1.29 is 14.4 Å². The van der Waals surface area contributed by atoms with Crippen LogP contribution in [0.2, 0.25) is 0 Å². The number of nitrogens with zero attached hydrogens (tertiary/aromatic N) is 3. The van der Waals surface area contributed by atoms with Gasteiger partial charge in [0.2, 0.25) is 0 Å². The van der Waals surface area contributed by atoms with Gasteiger partial charge in [-0.05, 0) is 25.3 Å². The monoisotopic (exact) mass is 369 g/mol. The van der Waals surface area contributed by atoms with E-state index in [2.05, 4.69) is 10.1 Å². The molecule has 1 saturated heterocycles. The highest BCUT2D eigenvalue weighted by Gasteiger charge is 2.21. The zero-order valence-corrected chi connectivity index (χ0v) is 15.8. The Hall–Kier alpha value is -2.44. The minimum Gasteiger partial charge on any atom is -0.393 e. The molecule has 1 aromatic carbocycles. The van der Waals surface area contributed by atoms with Crippen LogP contribution in [-0.2, 0) is 6.54 Å². The Kier molecular flexibility index (Phi) is 6.79. The van der Waals surface area contributed by atoms with Crippen molar-refractivity contribution in [2.24, 2.45) is 0 Å². The highest BCUT2D eigenvalue weighted by Crippen LogP contribution is 2.15. The number of hydrogen-bond acceptors (Lipinski definition) is 5. The second-order valence-corrected chi connectivity index (χ2v) is 6.84. The third-order valence-corrected chi connectivity index (χ3v) is 4.82. The zero-order chi connectivity index (χ0) is 19.1. The number of aromatic nitrogens is 1. The maximum Gasteiger partial charge on any atom is 0.276 e. The van der Waals surface area contributed by atoms with Crippen LogP contribution in [0.15, 0.2) is 47.0 Å². The fraction of sp³-hybridized carbons (Fsp3) is 0.429. The topological polar surface area (TPSA) is 69.8 Å². The zero-order valence-electron chi connectivity index (χ0n) is 15.8. The van der Waals surface area contributed by atoms with E-state index in [1.807, 2.05) is 49.4 Å². The molecule has 0 spiro atoms. The first-order chi connectivity index (χ1) is 13.2. The molecule has 1 amide bonds. The molecule has 27 heavy (non-hydrogen) atoms. The molecule has 0 atom stereocenters. The fourth-order valence-electron chi connectivity index (χ4n) is 3.18. The second-order valence-electron chi connectivity index (χ2n) is 6.84. The molecule has 1 aromatic heterocycles. The van der Waals surface area contributed by atoms with Gasteiger partial charge in [-0.1, -0.05) is 47.6 Å². The summed E-state index contributed by atoms with van der Waals surface area (Å²) in [5, 5.41) is 13.5. The minimum absolute atomic E-state index is 0.126. The number of amides is 1. The van der Waals surface area contributed by atoms with Gasteiger partial charge < -0.3 is 14.5 Å². The molecule has 1 aliphatic rings. The van der Waals surface area contributed by atoms with Crippen molar-refractivity contribution in [3.63, 3.8) is 0 Å². The Labute approximate surface area is 160 Å². The summed E-state index contributed by atoms with van der Waals surface area (Å²) in [6.45, 7) is 5.36. The molecule has 2 heterocycles. The molecular weight excluding hydrogens is 342 g/mol. The van der Waals surface area contributed by atoms with Crippen molar-refractivity contribution in [3.8, 4) is 0 Å². The fourth-order valence-corrected chi connectivity index (χ4v) is 3.18. The van der Waals surface area contributed by atoms with E-state index in [-0.39, 0.29) is 12.0 Å². The number of aliphatic hydroxyl groups is 1. The summed E-state index contributed by atoms with van der Waals surface area (Å²) in [7, 11) is 0. The third kappa shape index (κ3) is 5.52. The third-order valence-electron chi connectivity index (χ3n) is 4.82. The second kappa shape index (κ2) is 9.48. The molecular formula is C21H27N3O3. The van der Waals surface area contributed by atoms with Crippen molar-refractivity contribution in [1.29, 1.82) is 0 Å². The number of likely N-dealkylation sites (tertiary alicyclic amines) is 1. The Morgan fingerprint density at radius 1 is 1.33 bits per heavy atom. The lowest BCUT2D eigenvalue weighted by Gasteiger charge is -2.28. The van der Waals surface area contributed by atoms with Gasteiger partial charge in [-0.3, -0.25) is 9.69 Å². The highest BCUT2D eigenvalue weighted by atomic mass is 16.5. The molecule has 0 bridgehead atoms. The molecule has 3 rings (SSSR count). The van der Waals surface area contributed by atoms with Crippen molar-refractivity contribution >= 4 is 12.0 Å². The van der Waals surface area contributed by atoms with Gasteiger partial charge in [0.15, 0.2) is 11.5 Å². The molecule has 6 heteroatoms. The first-order valence-corrected chi connectivity index (χ1v) is 9.52. The number of rotatable bonds is 7. The number of hydrogen-bond donors (Lipinski definition) is 1. The Morgan fingerprint density at radius 2 is 2.07 bits per heavy atom. The average Bonchev–Trinajstić information content (AvgIpc) is 3.16. The lowest BCUT2D eigenvalue weighted by Crippen LogP contribution is -2.35. The quantitative estimate of drug-likeness (QED) is 0.813. The molecule has 0 aliphatic carbocycles. The van der Waals surface area contributed by atoms with Crippen LogP contribution in [0.1, 0.15) is 41.6 Å². The highest BCUT2D eigenvalue weighted by molar-refractivity contribution is 5.92. The van der Waals surface area contributed by atoms with Crippen molar-refractivity contribution in [2.75, 3.05) is 26.2 Å². The predicted molar refractivity (Wildman–Crippen MR) is 104 cm³/mol. The molecule has 2 aromatic rings. The normalized spacial score (nSPS) is 16.1. The molecule has 1 fully saturated rings. The largest absolute Gasteiger partial charge is 0.393 e. The molecule has 144 valence electrons. The average molecular weight is 369 g/mol. The van der Waals surface area contributed by atoms with Crippen molar-refractivity contribution in [3.05, 3.63) is 59.5 Å². The van der Waals surface area contributed by atoms with E-state index in [1.54, 1.807) is 11.0 Å². The summed E-state index contributed by atoms with van der Waals surface area (Å²) in [6, 6.07) is 11.7. The van der Waals surface area contributed by atoms with Gasteiger partial charge in [0.05, 0.1) is 12.6 Å². The molecule has 6 nitrogen and oxygen atoms in total. The van der Waals surface area contributed by atoms with Crippen LogP contribution in [0.5, 0.6) is 0 Å². The summed E-state index contributed by atoms with van der Waals surface area (Å²) in [5.74, 6) is 0.560. The van der Waals surface area contributed by atoms with E-state index >= 15 is 0 Å². The van der Waals surface area contributed by atoms with Crippen LogP contribution >= 0.6 is 0 Å². The van der Waals surface area contributed by atoms with Gasteiger partial charge >= 0.3 is 0 Å². The number of aliphatic hydroxyl groups excluding tert-OH is 1. The van der Waals surface area contributed by atoms with E-state index < -0.39 is 0 Å². The smallest absolute Gasteiger partial charge is 0.276 e. The van der Waals surface area contributed by atoms with Crippen LogP contribution in [0.25, 0.3) is 6.08 Å². The summed E-state index contributed by atoms with van der Waals surface area (Å²) < 4.78 is 5.36.